The van der Waals surface area contributed by atoms with E-state index >= 15 is 0 Å². The number of nitrogens with zero attached hydrogens (tertiary/aromatic N) is 1. The molecule has 0 saturated heterocycles. The summed E-state index contributed by atoms with van der Waals surface area (Å²) < 4.78 is 0. The Morgan fingerprint density at radius 2 is 0.509 bits per heavy atom. The van der Waals surface area contributed by atoms with Crippen LogP contribution in [-0.2, 0) is 0 Å². The summed E-state index contributed by atoms with van der Waals surface area (Å²) in [6.45, 7) is 0. The smallest absolute Gasteiger partial charge is 0.0467 e. The first-order valence-corrected chi connectivity index (χ1v) is 18.9. The van der Waals surface area contributed by atoms with Crippen LogP contribution < -0.4 is 4.90 Å². The van der Waals surface area contributed by atoms with Crippen molar-refractivity contribution < 1.29 is 0 Å². The minimum Gasteiger partial charge on any atom is -0.310 e. The minimum absolute atomic E-state index is 1.10. The van der Waals surface area contributed by atoms with Crippen LogP contribution in [0.3, 0.4) is 0 Å². The highest BCUT2D eigenvalue weighted by Gasteiger charge is 2.15. The molecule has 0 aromatic heterocycles. The van der Waals surface area contributed by atoms with Crippen LogP contribution in [0.1, 0.15) is 0 Å². The van der Waals surface area contributed by atoms with Crippen molar-refractivity contribution in [3.05, 3.63) is 224 Å². The van der Waals surface area contributed by atoms with Crippen LogP contribution in [0.15, 0.2) is 224 Å². The van der Waals surface area contributed by atoms with Gasteiger partial charge in [0, 0.05) is 17.1 Å². The van der Waals surface area contributed by atoms with Gasteiger partial charge in [-0.05, 0) is 119 Å². The third-order valence-corrected chi connectivity index (χ3v) is 10.9. The van der Waals surface area contributed by atoms with Crippen LogP contribution in [0.4, 0.5) is 17.1 Å². The van der Waals surface area contributed by atoms with Gasteiger partial charge in [-0.2, -0.15) is 0 Å². The molecule has 1 heteroatoms. The summed E-state index contributed by atoms with van der Waals surface area (Å²) in [5.74, 6) is 0. The molecule has 0 spiro atoms. The zero-order valence-electron chi connectivity index (χ0n) is 30.3. The first-order valence-electron chi connectivity index (χ1n) is 18.9. The zero-order valence-corrected chi connectivity index (χ0v) is 30.3. The van der Waals surface area contributed by atoms with Gasteiger partial charge in [-0.25, -0.2) is 0 Å². The highest BCUT2D eigenvalue weighted by Crippen LogP contribution is 2.40. The van der Waals surface area contributed by atoms with Gasteiger partial charge in [-0.3, -0.25) is 0 Å². The summed E-state index contributed by atoms with van der Waals surface area (Å²) in [5, 5.41) is 7.74. The van der Waals surface area contributed by atoms with Crippen molar-refractivity contribution in [3.8, 4) is 44.5 Å². The number of hydrogen-bond acceptors (Lipinski definition) is 1. The van der Waals surface area contributed by atoms with Gasteiger partial charge in [0.25, 0.3) is 0 Å². The lowest BCUT2D eigenvalue weighted by atomic mass is 9.92. The Morgan fingerprint density at radius 3 is 1.02 bits per heavy atom. The van der Waals surface area contributed by atoms with E-state index < -0.39 is 0 Å². The van der Waals surface area contributed by atoms with Crippen molar-refractivity contribution in [3.63, 3.8) is 0 Å². The van der Waals surface area contributed by atoms with Gasteiger partial charge in [0.1, 0.15) is 0 Å². The number of benzene rings is 10. The Labute approximate surface area is 322 Å². The van der Waals surface area contributed by atoms with Crippen LogP contribution in [0.25, 0.3) is 76.8 Å². The molecular weight excluding hydrogens is 663 g/mol. The fourth-order valence-corrected chi connectivity index (χ4v) is 8.08. The van der Waals surface area contributed by atoms with Crippen molar-refractivity contribution in [2.75, 3.05) is 4.90 Å². The predicted octanol–water partition coefficient (Wildman–Crippen LogP) is 15.3. The second-order valence-corrected chi connectivity index (χ2v) is 14.1. The maximum Gasteiger partial charge on any atom is 0.0467 e. The molecule has 0 radical (unpaired) electrons. The molecule has 55 heavy (non-hydrogen) atoms. The third-order valence-electron chi connectivity index (χ3n) is 10.9. The Hall–Kier alpha value is -7.22. The summed E-state index contributed by atoms with van der Waals surface area (Å²) in [6, 6.07) is 81.3. The van der Waals surface area contributed by atoms with E-state index in [4.69, 9.17) is 0 Å². The fraction of sp³-hybridized carbons (Fsp3) is 0. The molecular formula is C54H37N. The highest BCUT2D eigenvalue weighted by molar-refractivity contribution is 6.25. The fourth-order valence-electron chi connectivity index (χ4n) is 8.08. The molecule has 0 aliphatic rings. The lowest BCUT2D eigenvalue weighted by Gasteiger charge is -2.26. The molecule has 0 amide bonds. The van der Waals surface area contributed by atoms with E-state index in [9.17, 15) is 0 Å². The summed E-state index contributed by atoms with van der Waals surface area (Å²) in [6.07, 6.45) is 0. The molecule has 0 unspecified atom stereocenters. The molecule has 0 bridgehead atoms. The molecule has 1 nitrogen and oxygen atoms in total. The highest BCUT2D eigenvalue weighted by atomic mass is 15.1. The number of hydrogen-bond donors (Lipinski definition) is 0. The van der Waals surface area contributed by atoms with Gasteiger partial charge < -0.3 is 4.90 Å². The van der Waals surface area contributed by atoms with E-state index in [1.807, 2.05) is 0 Å². The molecule has 258 valence electrons. The standard InChI is InChI=1S/C54H37N/c1-3-12-38(13-4-1)40-22-24-41(25-23-40)42-26-31-46(32-27-42)55(48-17-11-16-44(36-48)39-14-5-2-6-15-39)47-33-28-43(29-34-47)45-30-35-53-51-20-8-7-18-49(51)50-19-9-10-21-52(50)54(53)37-45/h1-37H. The predicted molar refractivity (Wildman–Crippen MR) is 235 cm³/mol. The largest absolute Gasteiger partial charge is 0.310 e. The van der Waals surface area contributed by atoms with E-state index in [0.29, 0.717) is 0 Å². The lowest BCUT2D eigenvalue weighted by Crippen LogP contribution is -2.10. The van der Waals surface area contributed by atoms with Gasteiger partial charge >= 0.3 is 0 Å². The normalized spacial score (nSPS) is 11.3. The maximum atomic E-state index is 2.37. The van der Waals surface area contributed by atoms with Crippen LogP contribution in [0, 0.1) is 0 Å². The van der Waals surface area contributed by atoms with Crippen molar-refractivity contribution in [1.29, 1.82) is 0 Å². The van der Waals surface area contributed by atoms with Crippen LogP contribution in [-0.4, -0.2) is 0 Å². The second-order valence-electron chi connectivity index (χ2n) is 14.1. The second kappa shape index (κ2) is 14.0. The molecule has 0 fully saturated rings. The van der Waals surface area contributed by atoms with Crippen molar-refractivity contribution >= 4 is 49.4 Å². The number of anilines is 3. The molecule has 10 aromatic carbocycles. The quantitative estimate of drug-likeness (QED) is 0.150. The van der Waals surface area contributed by atoms with Crippen molar-refractivity contribution in [2.45, 2.75) is 0 Å². The Balaban J connectivity index is 1.03. The van der Waals surface area contributed by atoms with Gasteiger partial charge in [0.15, 0.2) is 0 Å². The number of rotatable bonds is 7. The summed E-state index contributed by atoms with van der Waals surface area (Å²) in [4.78, 5) is 2.36. The molecule has 10 rings (SSSR count). The molecule has 0 heterocycles. The molecule has 10 aromatic rings. The lowest BCUT2D eigenvalue weighted by molar-refractivity contribution is 1.28. The minimum atomic E-state index is 1.10. The Morgan fingerprint density at radius 1 is 0.182 bits per heavy atom. The maximum absolute atomic E-state index is 2.37. The summed E-state index contributed by atoms with van der Waals surface area (Å²) in [7, 11) is 0. The van der Waals surface area contributed by atoms with Crippen LogP contribution in [0.5, 0.6) is 0 Å². The molecule has 0 aliphatic carbocycles. The average Bonchev–Trinajstić information content (AvgIpc) is 3.28. The zero-order chi connectivity index (χ0) is 36.6. The van der Waals surface area contributed by atoms with Gasteiger partial charge in [0.05, 0.1) is 0 Å². The number of fused-ring (bicyclic) bond motifs is 6. The summed E-state index contributed by atoms with van der Waals surface area (Å²) >= 11 is 0. The van der Waals surface area contributed by atoms with E-state index in [2.05, 4.69) is 229 Å². The molecule has 0 N–H and O–H groups in total. The third kappa shape index (κ3) is 6.12. The first kappa shape index (κ1) is 32.4. The van der Waals surface area contributed by atoms with Crippen LogP contribution >= 0.6 is 0 Å². The Bertz CT molecular complexity index is 2890. The molecule has 0 aliphatic heterocycles. The van der Waals surface area contributed by atoms with Crippen molar-refractivity contribution in [2.24, 2.45) is 0 Å². The Kier molecular flexibility index (Phi) is 8.24. The topological polar surface area (TPSA) is 3.24 Å². The van der Waals surface area contributed by atoms with E-state index in [0.717, 1.165) is 17.1 Å². The monoisotopic (exact) mass is 699 g/mol. The van der Waals surface area contributed by atoms with Gasteiger partial charge in [0.2, 0.25) is 0 Å². The summed E-state index contributed by atoms with van der Waals surface area (Å²) in [5.41, 5.74) is 12.9. The molecule has 0 atom stereocenters. The van der Waals surface area contributed by atoms with E-state index in [-0.39, 0.29) is 0 Å². The average molecular weight is 700 g/mol. The SMILES string of the molecule is c1ccc(-c2ccc(-c3ccc(N(c4ccc(-c5ccc6c7ccccc7c7ccccc7c6c5)cc4)c4cccc(-c5ccccc5)c4)cc3)cc2)cc1. The van der Waals surface area contributed by atoms with Gasteiger partial charge in [-0.1, -0.05) is 182 Å². The van der Waals surface area contributed by atoms with Gasteiger partial charge in [-0.15, -0.1) is 0 Å². The van der Waals surface area contributed by atoms with E-state index in [1.54, 1.807) is 0 Å². The molecule has 0 saturated carbocycles. The van der Waals surface area contributed by atoms with Crippen LogP contribution in [0.2, 0.25) is 0 Å². The van der Waals surface area contributed by atoms with Crippen molar-refractivity contribution in [1.82, 2.24) is 0 Å². The van der Waals surface area contributed by atoms with E-state index in [1.165, 1.54) is 76.8 Å². The first-order chi connectivity index (χ1) is 27.3.